The zero-order chi connectivity index (χ0) is 22.6. The molecule has 9 heteroatoms. The van der Waals surface area contributed by atoms with E-state index >= 15 is 0 Å². The number of sulfonamides is 1. The Morgan fingerprint density at radius 1 is 1.00 bits per heavy atom. The highest BCUT2D eigenvalue weighted by Crippen LogP contribution is 2.28. The lowest BCUT2D eigenvalue weighted by atomic mass is 9.94. The van der Waals surface area contributed by atoms with Gasteiger partial charge in [0.2, 0.25) is 15.9 Å². The maximum atomic E-state index is 13.1. The van der Waals surface area contributed by atoms with Crippen molar-refractivity contribution in [2.45, 2.75) is 50.8 Å². The quantitative estimate of drug-likeness (QED) is 0.640. The van der Waals surface area contributed by atoms with Crippen LogP contribution in [0.3, 0.4) is 0 Å². The molecule has 2 amide bonds. The lowest BCUT2D eigenvalue weighted by Crippen LogP contribution is -2.45. The molecule has 7 nitrogen and oxygen atoms in total. The fourth-order valence-electron chi connectivity index (χ4n) is 4.42. The van der Waals surface area contributed by atoms with Crippen molar-refractivity contribution < 1.29 is 18.0 Å². The second-order valence-electron chi connectivity index (χ2n) is 8.19. The predicted molar refractivity (Wildman–Crippen MR) is 121 cm³/mol. The van der Waals surface area contributed by atoms with Crippen LogP contribution in [-0.2, 0) is 14.8 Å². The maximum absolute atomic E-state index is 13.1. The minimum absolute atomic E-state index is 0.0361. The normalized spacial score (nSPS) is 18.5. The topological polar surface area (TPSA) is 78.0 Å². The summed E-state index contributed by atoms with van der Waals surface area (Å²) in [4.78, 5) is 29.4. The molecular formula is C22H32ClN3O4S. The Labute approximate surface area is 190 Å². The van der Waals surface area contributed by atoms with Crippen LogP contribution < -0.4 is 0 Å². The van der Waals surface area contributed by atoms with E-state index in [-0.39, 0.29) is 27.7 Å². The fraction of sp³-hybridized carbons (Fsp3) is 0.636. The molecule has 2 heterocycles. The molecule has 2 aliphatic rings. The minimum atomic E-state index is -3.77. The Kier molecular flexibility index (Phi) is 7.99. The molecule has 0 radical (unpaired) electrons. The van der Waals surface area contributed by atoms with Crippen LogP contribution in [0.1, 0.15) is 56.3 Å². The van der Waals surface area contributed by atoms with Gasteiger partial charge in [-0.25, -0.2) is 8.42 Å². The van der Waals surface area contributed by atoms with E-state index in [9.17, 15) is 18.0 Å². The minimum Gasteiger partial charge on any atom is -0.342 e. The summed E-state index contributed by atoms with van der Waals surface area (Å²) in [5.41, 5.74) is 0.302. The van der Waals surface area contributed by atoms with E-state index in [1.165, 1.54) is 22.9 Å². The SMILES string of the molecule is CCN(CC)S(=O)(=O)c1cc(C(=O)N2CCC(C(=O)N3CCCCC3)CC2)ccc1Cl. The average molecular weight is 470 g/mol. The first-order valence-electron chi connectivity index (χ1n) is 11.2. The maximum Gasteiger partial charge on any atom is 0.253 e. The molecule has 0 unspecified atom stereocenters. The van der Waals surface area contributed by atoms with E-state index in [1.54, 1.807) is 24.8 Å². The first-order chi connectivity index (χ1) is 14.8. The molecule has 0 spiro atoms. The van der Waals surface area contributed by atoms with Gasteiger partial charge in [0, 0.05) is 50.7 Å². The van der Waals surface area contributed by atoms with Gasteiger partial charge in [-0.3, -0.25) is 9.59 Å². The summed E-state index contributed by atoms with van der Waals surface area (Å²) < 4.78 is 27.1. The van der Waals surface area contributed by atoms with Crippen LogP contribution in [0, 0.1) is 5.92 Å². The third-order valence-corrected chi connectivity index (χ3v) is 8.83. The lowest BCUT2D eigenvalue weighted by molar-refractivity contribution is -0.137. The molecule has 0 atom stereocenters. The number of hydrogen-bond donors (Lipinski definition) is 0. The Morgan fingerprint density at radius 3 is 2.19 bits per heavy atom. The van der Waals surface area contributed by atoms with Crippen LogP contribution in [0.25, 0.3) is 0 Å². The molecule has 1 aromatic rings. The van der Waals surface area contributed by atoms with E-state index in [0.29, 0.717) is 44.6 Å². The first kappa shape index (κ1) is 24.0. The van der Waals surface area contributed by atoms with Crippen LogP contribution >= 0.6 is 11.6 Å². The number of carbonyl (C=O) groups excluding carboxylic acids is 2. The second kappa shape index (κ2) is 10.3. The van der Waals surface area contributed by atoms with Gasteiger partial charge in [0.25, 0.3) is 5.91 Å². The highest BCUT2D eigenvalue weighted by atomic mass is 35.5. The number of rotatable bonds is 6. The molecular weight excluding hydrogens is 438 g/mol. The van der Waals surface area contributed by atoms with Gasteiger partial charge in [0.05, 0.1) is 5.02 Å². The largest absolute Gasteiger partial charge is 0.342 e. The Hall–Kier alpha value is -1.64. The first-order valence-corrected chi connectivity index (χ1v) is 13.0. The molecule has 0 saturated carbocycles. The van der Waals surface area contributed by atoms with Crippen molar-refractivity contribution in [1.82, 2.24) is 14.1 Å². The summed E-state index contributed by atoms with van der Waals surface area (Å²) in [6, 6.07) is 4.41. The van der Waals surface area contributed by atoms with E-state index in [1.807, 2.05) is 4.90 Å². The highest BCUT2D eigenvalue weighted by molar-refractivity contribution is 7.89. The van der Waals surface area contributed by atoms with Gasteiger partial charge in [-0.1, -0.05) is 25.4 Å². The van der Waals surface area contributed by atoms with Gasteiger partial charge in [0.1, 0.15) is 4.90 Å². The van der Waals surface area contributed by atoms with Crippen molar-refractivity contribution in [3.8, 4) is 0 Å². The monoisotopic (exact) mass is 469 g/mol. The van der Waals surface area contributed by atoms with E-state index < -0.39 is 10.0 Å². The van der Waals surface area contributed by atoms with Crippen molar-refractivity contribution >= 4 is 33.4 Å². The van der Waals surface area contributed by atoms with Crippen molar-refractivity contribution in [1.29, 1.82) is 0 Å². The van der Waals surface area contributed by atoms with Gasteiger partial charge >= 0.3 is 0 Å². The van der Waals surface area contributed by atoms with Crippen LogP contribution in [0.5, 0.6) is 0 Å². The molecule has 2 saturated heterocycles. The molecule has 31 heavy (non-hydrogen) atoms. The molecule has 2 fully saturated rings. The summed E-state index contributed by atoms with van der Waals surface area (Å²) in [6.07, 6.45) is 4.60. The van der Waals surface area contributed by atoms with E-state index in [2.05, 4.69) is 0 Å². The molecule has 2 aliphatic heterocycles. The standard InChI is InChI=1S/C22H32ClN3O4S/c1-3-26(4-2)31(29,30)20-16-18(8-9-19(20)23)22(28)25-14-10-17(11-15-25)21(27)24-12-6-5-7-13-24/h8-9,16-17H,3-7,10-15H2,1-2H3. The molecule has 0 aliphatic carbocycles. The molecule has 0 N–H and O–H groups in total. The summed E-state index contributed by atoms with van der Waals surface area (Å²) in [6.45, 7) is 6.84. The number of benzene rings is 1. The summed E-state index contributed by atoms with van der Waals surface area (Å²) in [5.74, 6) is -0.0478. The molecule has 3 rings (SSSR count). The van der Waals surface area contributed by atoms with Crippen molar-refractivity contribution in [2.24, 2.45) is 5.92 Å². The third-order valence-electron chi connectivity index (χ3n) is 6.30. The smallest absolute Gasteiger partial charge is 0.253 e. The van der Waals surface area contributed by atoms with Crippen LogP contribution in [0.15, 0.2) is 23.1 Å². The van der Waals surface area contributed by atoms with Gasteiger partial charge in [0.15, 0.2) is 0 Å². The third kappa shape index (κ3) is 5.23. The number of halogens is 1. The summed E-state index contributed by atoms with van der Waals surface area (Å²) in [5, 5.41) is 0.106. The number of nitrogens with zero attached hydrogens (tertiary/aromatic N) is 3. The highest BCUT2D eigenvalue weighted by Gasteiger charge is 2.32. The van der Waals surface area contributed by atoms with Gasteiger partial charge in [-0.2, -0.15) is 4.31 Å². The number of carbonyl (C=O) groups is 2. The van der Waals surface area contributed by atoms with Crippen LogP contribution in [-0.4, -0.2) is 73.6 Å². The summed E-state index contributed by atoms with van der Waals surface area (Å²) >= 11 is 6.18. The van der Waals surface area contributed by atoms with Crippen molar-refractivity contribution in [3.05, 3.63) is 28.8 Å². The molecule has 0 aromatic heterocycles. The van der Waals surface area contributed by atoms with Crippen molar-refractivity contribution in [2.75, 3.05) is 39.3 Å². The Morgan fingerprint density at radius 2 is 1.61 bits per heavy atom. The zero-order valence-corrected chi connectivity index (χ0v) is 19.9. The van der Waals surface area contributed by atoms with Crippen LogP contribution in [0.4, 0.5) is 0 Å². The van der Waals surface area contributed by atoms with E-state index in [4.69, 9.17) is 11.6 Å². The van der Waals surface area contributed by atoms with Gasteiger partial charge in [-0.05, 0) is 50.3 Å². The number of likely N-dealkylation sites (tertiary alicyclic amines) is 2. The zero-order valence-electron chi connectivity index (χ0n) is 18.3. The molecule has 172 valence electrons. The average Bonchev–Trinajstić information content (AvgIpc) is 2.79. The van der Waals surface area contributed by atoms with Crippen LogP contribution in [0.2, 0.25) is 5.02 Å². The number of amides is 2. The van der Waals surface area contributed by atoms with Crippen molar-refractivity contribution in [3.63, 3.8) is 0 Å². The molecule has 0 bridgehead atoms. The lowest BCUT2D eigenvalue weighted by Gasteiger charge is -2.35. The predicted octanol–water partition coefficient (Wildman–Crippen LogP) is 3.24. The number of hydrogen-bond acceptors (Lipinski definition) is 4. The Balaban J connectivity index is 1.69. The molecule has 1 aromatic carbocycles. The van der Waals surface area contributed by atoms with Gasteiger partial charge < -0.3 is 9.80 Å². The van der Waals surface area contributed by atoms with Gasteiger partial charge in [-0.15, -0.1) is 0 Å². The number of piperidine rings is 2. The summed E-state index contributed by atoms with van der Waals surface area (Å²) in [7, 11) is -3.77. The fourth-order valence-corrected chi connectivity index (χ4v) is 6.38. The Bertz CT molecular complexity index is 903. The van der Waals surface area contributed by atoms with E-state index in [0.717, 1.165) is 25.9 Å². The second-order valence-corrected chi connectivity index (χ2v) is 10.5.